The number of H-pyrrole nitrogens is 1. The lowest BCUT2D eigenvalue weighted by atomic mass is 9.94. The van der Waals surface area contributed by atoms with Crippen LogP contribution in [0, 0.1) is 5.92 Å². The van der Waals surface area contributed by atoms with E-state index in [9.17, 15) is 19.5 Å². The first-order valence-corrected chi connectivity index (χ1v) is 17.1. The van der Waals surface area contributed by atoms with Crippen LogP contribution in [0.2, 0.25) is 0 Å². The Hall–Kier alpha value is -5.57. The number of methoxy groups -OCH3 is 1. The SMILES string of the molecule is COc1ccc(CCC[C@H](CC(=O)O)C(=O)N[C@@H](CCc2c[nH]c3ccccc23)C(=O)NCCc2cccc(OCc3ccccc3)c2)cc1. The molecule has 0 aliphatic rings. The number of aliphatic carboxylic acids is 1. The first-order chi connectivity index (χ1) is 24.4. The van der Waals surface area contributed by atoms with E-state index in [0.29, 0.717) is 51.7 Å². The molecule has 0 bridgehead atoms. The minimum absolute atomic E-state index is 0.304. The number of aryl methyl sites for hydroxylation is 2. The Balaban J connectivity index is 1.21. The van der Waals surface area contributed by atoms with Crippen LogP contribution < -0.4 is 20.1 Å². The summed E-state index contributed by atoms with van der Waals surface area (Å²) in [5, 5.41) is 16.6. The van der Waals surface area contributed by atoms with Crippen molar-refractivity contribution in [1.29, 1.82) is 0 Å². The van der Waals surface area contributed by atoms with Gasteiger partial charge in [-0.05, 0) is 91.1 Å². The second kappa shape index (κ2) is 18.3. The van der Waals surface area contributed by atoms with Gasteiger partial charge in [-0.2, -0.15) is 0 Å². The molecule has 0 spiro atoms. The Kier molecular flexibility index (Phi) is 13.1. The van der Waals surface area contributed by atoms with Crippen LogP contribution >= 0.6 is 0 Å². The molecule has 1 aromatic heterocycles. The number of ether oxygens (including phenoxy) is 2. The third-order valence-electron chi connectivity index (χ3n) is 8.84. The number of rotatable bonds is 19. The fourth-order valence-electron chi connectivity index (χ4n) is 6.06. The largest absolute Gasteiger partial charge is 0.497 e. The maximum Gasteiger partial charge on any atom is 0.304 e. The predicted octanol–water partition coefficient (Wildman–Crippen LogP) is 6.65. The Labute approximate surface area is 293 Å². The van der Waals surface area contributed by atoms with E-state index in [2.05, 4.69) is 15.6 Å². The minimum atomic E-state index is -1.05. The van der Waals surface area contributed by atoms with E-state index in [0.717, 1.165) is 44.7 Å². The molecule has 0 aliphatic carbocycles. The molecular formula is C41H45N3O6. The third kappa shape index (κ3) is 10.7. The molecule has 2 amide bonds. The maximum atomic E-state index is 13.6. The van der Waals surface area contributed by atoms with E-state index in [1.807, 2.05) is 109 Å². The highest BCUT2D eigenvalue weighted by Crippen LogP contribution is 2.21. The van der Waals surface area contributed by atoms with E-state index in [4.69, 9.17) is 9.47 Å². The second-order valence-electron chi connectivity index (χ2n) is 12.5. The number of fused-ring (bicyclic) bond motifs is 1. The topological polar surface area (TPSA) is 130 Å². The van der Waals surface area contributed by atoms with Gasteiger partial charge < -0.3 is 30.2 Å². The number of aromatic nitrogens is 1. The molecule has 9 nitrogen and oxygen atoms in total. The number of hydrogen-bond acceptors (Lipinski definition) is 5. The lowest BCUT2D eigenvalue weighted by molar-refractivity contribution is -0.141. The van der Waals surface area contributed by atoms with Gasteiger partial charge in [-0.3, -0.25) is 14.4 Å². The summed E-state index contributed by atoms with van der Waals surface area (Å²) in [6, 6.07) is 32.5. The van der Waals surface area contributed by atoms with Crippen molar-refractivity contribution in [2.45, 2.75) is 57.6 Å². The first-order valence-electron chi connectivity index (χ1n) is 17.1. The lowest BCUT2D eigenvalue weighted by Crippen LogP contribution is -2.49. The number of carbonyl (C=O) groups is 3. The number of amides is 2. The van der Waals surface area contributed by atoms with Gasteiger partial charge in [-0.25, -0.2) is 0 Å². The first kappa shape index (κ1) is 35.7. The summed E-state index contributed by atoms with van der Waals surface area (Å²) in [6.45, 7) is 0.823. The zero-order chi connectivity index (χ0) is 35.1. The summed E-state index contributed by atoms with van der Waals surface area (Å²) in [5.41, 5.74) is 5.20. The van der Waals surface area contributed by atoms with Crippen LogP contribution in [-0.2, 0) is 40.3 Å². The van der Waals surface area contributed by atoms with Crippen LogP contribution in [0.1, 0.15) is 47.9 Å². The zero-order valence-corrected chi connectivity index (χ0v) is 28.4. The van der Waals surface area contributed by atoms with E-state index in [-0.39, 0.29) is 12.3 Å². The van der Waals surface area contributed by atoms with Gasteiger partial charge in [0.15, 0.2) is 0 Å². The van der Waals surface area contributed by atoms with Gasteiger partial charge in [0.2, 0.25) is 11.8 Å². The van der Waals surface area contributed by atoms with E-state index < -0.39 is 23.8 Å². The van der Waals surface area contributed by atoms with Crippen LogP contribution in [0.3, 0.4) is 0 Å². The Bertz CT molecular complexity index is 1840. The number of aromatic amines is 1. The molecule has 5 aromatic rings. The second-order valence-corrected chi connectivity index (χ2v) is 12.5. The number of carboxylic acids is 1. The summed E-state index contributed by atoms with van der Waals surface area (Å²) < 4.78 is 11.2. The van der Waals surface area contributed by atoms with Gasteiger partial charge >= 0.3 is 5.97 Å². The summed E-state index contributed by atoms with van der Waals surface area (Å²) in [7, 11) is 1.61. The maximum absolute atomic E-state index is 13.6. The summed E-state index contributed by atoms with van der Waals surface area (Å²) in [5.74, 6) is -1.04. The molecule has 0 fully saturated rings. The van der Waals surface area contributed by atoms with Crippen molar-refractivity contribution in [1.82, 2.24) is 15.6 Å². The molecule has 260 valence electrons. The van der Waals surface area contributed by atoms with Crippen molar-refractivity contribution in [2.75, 3.05) is 13.7 Å². The number of hydrogen-bond donors (Lipinski definition) is 4. The molecular weight excluding hydrogens is 630 g/mol. The van der Waals surface area contributed by atoms with Crippen LogP contribution in [0.25, 0.3) is 10.9 Å². The molecule has 4 aromatic carbocycles. The Morgan fingerprint density at radius 2 is 1.52 bits per heavy atom. The molecule has 0 unspecified atom stereocenters. The van der Waals surface area contributed by atoms with Crippen molar-refractivity contribution >= 4 is 28.7 Å². The van der Waals surface area contributed by atoms with Crippen molar-refractivity contribution in [3.8, 4) is 11.5 Å². The number of carbonyl (C=O) groups excluding carboxylic acids is 2. The lowest BCUT2D eigenvalue weighted by Gasteiger charge is -2.22. The molecule has 9 heteroatoms. The standard InChI is InChI=1S/C41H45N3O6/c1-49-34-20-17-29(18-21-34)11-7-13-32(26-39(45)46)40(47)44-38(22-19-33-27-43-37-16-6-5-15-36(33)37)41(48)42-24-23-30-12-8-14-35(25-30)50-28-31-9-3-2-4-10-31/h2-6,8-10,12,14-18,20-21,25,27,32,38,43H,7,11,13,19,22-24,26,28H2,1H3,(H,42,48)(H,44,47)(H,45,46)/t32-,38+/m1/s1. The fraction of sp³-hybridized carbons (Fsp3) is 0.293. The van der Waals surface area contributed by atoms with Crippen molar-refractivity contribution in [2.24, 2.45) is 5.92 Å². The highest BCUT2D eigenvalue weighted by atomic mass is 16.5. The molecule has 4 N–H and O–H groups in total. The van der Waals surface area contributed by atoms with Crippen LogP contribution in [0.5, 0.6) is 11.5 Å². The van der Waals surface area contributed by atoms with Gasteiger partial charge in [-0.1, -0.05) is 72.8 Å². The van der Waals surface area contributed by atoms with Crippen LogP contribution in [0.4, 0.5) is 0 Å². The molecule has 0 saturated heterocycles. The molecule has 0 radical (unpaired) electrons. The highest BCUT2D eigenvalue weighted by Gasteiger charge is 2.27. The van der Waals surface area contributed by atoms with Crippen LogP contribution in [0.15, 0.2) is 109 Å². The van der Waals surface area contributed by atoms with E-state index in [1.165, 1.54) is 0 Å². The normalized spacial score (nSPS) is 12.2. The number of benzene rings is 4. The van der Waals surface area contributed by atoms with Crippen LogP contribution in [-0.4, -0.2) is 47.6 Å². The minimum Gasteiger partial charge on any atom is -0.497 e. The zero-order valence-electron chi connectivity index (χ0n) is 28.4. The smallest absolute Gasteiger partial charge is 0.304 e. The summed E-state index contributed by atoms with van der Waals surface area (Å²) in [4.78, 5) is 42.3. The predicted molar refractivity (Wildman–Crippen MR) is 194 cm³/mol. The number of nitrogens with one attached hydrogen (secondary N) is 3. The summed E-state index contributed by atoms with van der Waals surface area (Å²) >= 11 is 0. The van der Waals surface area contributed by atoms with Gasteiger partial charge in [0.05, 0.1) is 13.5 Å². The van der Waals surface area contributed by atoms with Gasteiger partial charge in [0, 0.05) is 29.6 Å². The highest BCUT2D eigenvalue weighted by molar-refractivity contribution is 5.90. The monoisotopic (exact) mass is 675 g/mol. The van der Waals surface area contributed by atoms with Gasteiger partial charge in [0.25, 0.3) is 0 Å². The quantitative estimate of drug-likeness (QED) is 0.0776. The summed E-state index contributed by atoms with van der Waals surface area (Å²) in [6.07, 6.45) is 4.79. The van der Waals surface area contributed by atoms with Crippen molar-refractivity contribution < 1.29 is 29.0 Å². The average Bonchev–Trinajstić information content (AvgIpc) is 3.55. The van der Waals surface area contributed by atoms with Gasteiger partial charge in [-0.15, -0.1) is 0 Å². The molecule has 1 heterocycles. The van der Waals surface area contributed by atoms with E-state index in [1.54, 1.807) is 7.11 Å². The van der Waals surface area contributed by atoms with Gasteiger partial charge in [0.1, 0.15) is 24.1 Å². The van der Waals surface area contributed by atoms with Crippen molar-refractivity contribution in [3.05, 3.63) is 132 Å². The molecule has 2 atom stereocenters. The number of carboxylic acid groups (broad SMARTS) is 1. The molecule has 0 aliphatic heterocycles. The average molecular weight is 676 g/mol. The Morgan fingerprint density at radius 1 is 0.760 bits per heavy atom. The fourth-order valence-corrected chi connectivity index (χ4v) is 6.06. The molecule has 5 rings (SSSR count). The Morgan fingerprint density at radius 3 is 2.30 bits per heavy atom. The van der Waals surface area contributed by atoms with E-state index >= 15 is 0 Å². The molecule has 50 heavy (non-hydrogen) atoms. The third-order valence-corrected chi connectivity index (χ3v) is 8.84. The molecule has 0 saturated carbocycles. The van der Waals surface area contributed by atoms with Crippen molar-refractivity contribution in [3.63, 3.8) is 0 Å². The number of para-hydroxylation sites is 1.